The van der Waals surface area contributed by atoms with Gasteiger partial charge in [0.2, 0.25) is 5.91 Å². The Kier molecular flexibility index (Phi) is 5.84. The molecule has 3 N–H and O–H groups in total. The van der Waals surface area contributed by atoms with Crippen molar-refractivity contribution >= 4 is 23.5 Å². The lowest BCUT2D eigenvalue weighted by Gasteiger charge is -2.15. The number of carbonyl (C=O) groups is 3. The maximum Gasteiger partial charge on any atom is 0.326 e. The number of halogens is 1. The normalized spacial score (nSPS) is 11.4. The van der Waals surface area contributed by atoms with E-state index in [2.05, 4.69) is 10.6 Å². The predicted octanol–water partition coefficient (Wildman–Crippen LogP) is 2.21. The lowest BCUT2D eigenvalue weighted by atomic mass is 10.1. The van der Waals surface area contributed by atoms with Crippen LogP contribution in [0.5, 0.6) is 0 Å². The summed E-state index contributed by atoms with van der Waals surface area (Å²) in [5.74, 6) is -2.49. The zero-order valence-corrected chi connectivity index (χ0v) is 13.5. The summed E-state index contributed by atoms with van der Waals surface area (Å²) in [5.41, 5.74) is 1.24. The number of carboxylic acid groups (broad SMARTS) is 1. The van der Waals surface area contributed by atoms with Crippen molar-refractivity contribution < 1.29 is 23.9 Å². The van der Waals surface area contributed by atoms with Crippen LogP contribution >= 0.6 is 0 Å². The van der Waals surface area contributed by atoms with Crippen LogP contribution in [0, 0.1) is 5.82 Å². The quantitative estimate of drug-likeness (QED) is 0.749. The molecule has 25 heavy (non-hydrogen) atoms. The zero-order chi connectivity index (χ0) is 18.4. The Hall–Kier alpha value is -3.22. The Balaban J connectivity index is 2.07. The van der Waals surface area contributed by atoms with Crippen LogP contribution in [-0.2, 0) is 16.0 Å². The van der Waals surface area contributed by atoms with Gasteiger partial charge in [-0.3, -0.25) is 9.59 Å². The maximum atomic E-state index is 13.2. The molecule has 0 saturated carbocycles. The molecule has 2 aromatic rings. The number of nitrogens with one attached hydrogen (secondary N) is 2. The van der Waals surface area contributed by atoms with Gasteiger partial charge in [0, 0.05) is 24.6 Å². The van der Waals surface area contributed by atoms with Crippen LogP contribution in [0.15, 0.2) is 48.5 Å². The molecule has 6 nitrogen and oxygen atoms in total. The van der Waals surface area contributed by atoms with Crippen molar-refractivity contribution in [2.24, 2.45) is 0 Å². The lowest BCUT2D eigenvalue weighted by Crippen LogP contribution is -2.42. The molecule has 0 unspecified atom stereocenters. The number of hydrogen-bond acceptors (Lipinski definition) is 3. The molecule has 0 bridgehead atoms. The highest BCUT2D eigenvalue weighted by Crippen LogP contribution is 2.11. The number of aliphatic carboxylic acids is 1. The number of amides is 2. The first-order valence-electron chi connectivity index (χ1n) is 7.51. The van der Waals surface area contributed by atoms with Gasteiger partial charge in [0.05, 0.1) is 0 Å². The van der Waals surface area contributed by atoms with Gasteiger partial charge in [-0.05, 0) is 42.0 Å². The highest BCUT2D eigenvalue weighted by molar-refractivity contribution is 5.97. The number of carboxylic acids is 1. The van der Waals surface area contributed by atoms with E-state index in [4.69, 9.17) is 0 Å². The number of benzene rings is 2. The van der Waals surface area contributed by atoms with Crippen LogP contribution in [0.3, 0.4) is 0 Å². The first-order chi connectivity index (χ1) is 11.8. The Morgan fingerprint density at radius 1 is 1.12 bits per heavy atom. The zero-order valence-electron chi connectivity index (χ0n) is 13.5. The molecular weight excluding hydrogens is 327 g/mol. The molecule has 0 fully saturated rings. The van der Waals surface area contributed by atoms with Gasteiger partial charge in [-0.15, -0.1) is 0 Å². The van der Waals surface area contributed by atoms with Crippen molar-refractivity contribution in [3.63, 3.8) is 0 Å². The molecule has 2 rings (SSSR count). The number of hydrogen-bond donors (Lipinski definition) is 3. The molecule has 2 amide bonds. The summed E-state index contributed by atoms with van der Waals surface area (Å²) in [6, 6.07) is 10.4. The average Bonchev–Trinajstić information content (AvgIpc) is 2.54. The van der Waals surface area contributed by atoms with Crippen LogP contribution in [0.1, 0.15) is 22.8 Å². The molecule has 0 saturated heterocycles. The SMILES string of the molecule is CC(=O)Nc1ccc(C(=O)N[C@H](Cc2cccc(F)c2)C(=O)O)cc1. The summed E-state index contributed by atoms with van der Waals surface area (Å²) >= 11 is 0. The third-order valence-electron chi connectivity index (χ3n) is 3.40. The third-order valence-corrected chi connectivity index (χ3v) is 3.40. The van der Waals surface area contributed by atoms with E-state index in [0.717, 1.165) is 0 Å². The van der Waals surface area contributed by atoms with E-state index < -0.39 is 23.7 Å². The highest BCUT2D eigenvalue weighted by atomic mass is 19.1. The van der Waals surface area contributed by atoms with Crippen molar-refractivity contribution in [1.29, 1.82) is 0 Å². The fourth-order valence-corrected chi connectivity index (χ4v) is 2.25. The van der Waals surface area contributed by atoms with Crippen LogP contribution in [0.2, 0.25) is 0 Å². The van der Waals surface area contributed by atoms with E-state index in [1.54, 1.807) is 18.2 Å². The third kappa shape index (κ3) is 5.42. The summed E-state index contributed by atoms with van der Waals surface area (Å²) in [6.07, 6.45) is -0.0389. The van der Waals surface area contributed by atoms with Crippen molar-refractivity contribution in [1.82, 2.24) is 5.32 Å². The van der Waals surface area contributed by atoms with Crippen molar-refractivity contribution in [3.05, 3.63) is 65.5 Å². The first-order valence-corrected chi connectivity index (χ1v) is 7.51. The van der Waals surface area contributed by atoms with E-state index >= 15 is 0 Å². The predicted molar refractivity (Wildman–Crippen MR) is 89.7 cm³/mol. The van der Waals surface area contributed by atoms with Crippen molar-refractivity contribution in [2.75, 3.05) is 5.32 Å². The van der Waals surface area contributed by atoms with Gasteiger partial charge >= 0.3 is 5.97 Å². The van der Waals surface area contributed by atoms with Gasteiger partial charge in [0.1, 0.15) is 11.9 Å². The van der Waals surface area contributed by atoms with Crippen LogP contribution < -0.4 is 10.6 Å². The van der Waals surface area contributed by atoms with Gasteiger partial charge < -0.3 is 15.7 Å². The first kappa shape index (κ1) is 18.1. The molecule has 0 heterocycles. The highest BCUT2D eigenvalue weighted by Gasteiger charge is 2.21. The maximum absolute atomic E-state index is 13.2. The van der Waals surface area contributed by atoms with Gasteiger partial charge in [-0.2, -0.15) is 0 Å². The van der Waals surface area contributed by atoms with E-state index in [0.29, 0.717) is 11.3 Å². The van der Waals surface area contributed by atoms with Crippen LogP contribution in [0.4, 0.5) is 10.1 Å². The van der Waals surface area contributed by atoms with E-state index in [1.165, 1.54) is 37.3 Å². The molecule has 2 aromatic carbocycles. The van der Waals surface area contributed by atoms with E-state index in [-0.39, 0.29) is 17.9 Å². The van der Waals surface area contributed by atoms with Gasteiger partial charge in [-0.25, -0.2) is 9.18 Å². The molecule has 0 aliphatic heterocycles. The van der Waals surface area contributed by atoms with Gasteiger partial charge in [0.15, 0.2) is 0 Å². The molecule has 1 atom stereocenters. The van der Waals surface area contributed by atoms with Crippen molar-refractivity contribution in [2.45, 2.75) is 19.4 Å². The molecule has 130 valence electrons. The minimum atomic E-state index is -1.22. The summed E-state index contributed by atoms with van der Waals surface area (Å²) in [4.78, 5) is 34.6. The minimum Gasteiger partial charge on any atom is -0.480 e. The summed E-state index contributed by atoms with van der Waals surface area (Å²) < 4.78 is 13.2. The lowest BCUT2D eigenvalue weighted by molar-refractivity contribution is -0.139. The summed E-state index contributed by atoms with van der Waals surface area (Å²) in [6.45, 7) is 1.37. The largest absolute Gasteiger partial charge is 0.480 e. The minimum absolute atomic E-state index is 0.0389. The van der Waals surface area contributed by atoms with Gasteiger partial charge in [-0.1, -0.05) is 12.1 Å². The molecular formula is C18H17FN2O4. The average molecular weight is 344 g/mol. The van der Waals surface area contributed by atoms with Crippen LogP contribution in [-0.4, -0.2) is 28.9 Å². The Labute approximate surface area is 143 Å². The van der Waals surface area contributed by atoms with Crippen molar-refractivity contribution in [3.8, 4) is 0 Å². The number of carbonyl (C=O) groups excluding carboxylic acids is 2. The molecule has 0 aliphatic carbocycles. The number of anilines is 1. The fourth-order valence-electron chi connectivity index (χ4n) is 2.25. The van der Waals surface area contributed by atoms with E-state index in [1.807, 2.05) is 0 Å². The smallest absolute Gasteiger partial charge is 0.326 e. The Bertz CT molecular complexity index is 790. The molecule has 0 spiro atoms. The Morgan fingerprint density at radius 3 is 2.36 bits per heavy atom. The topological polar surface area (TPSA) is 95.5 Å². The standard InChI is InChI=1S/C18H17FN2O4/c1-11(22)20-15-7-5-13(6-8-15)17(23)21-16(18(24)25)10-12-3-2-4-14(19)9-12/h2-9,16H,10H2,1H3,(H,20,22)(H,21,23)(H,24,25)/t16-/m1/s1. The molecule has 0 aromatic heterocycles. The monoisotopic (exact) mass is 344 g/mol. The van der Waals surface area contributed by atoms with Gasteiger partial charge in [0.25, 0.3) is 5.91 Å². The second-order valence-corrected chi connectivity index (χ2v) is 5.46. The second-order valence-electron chi connectivity index (χ2n) is 5.46. The Morgan fingerprint density at radius 2 is 1.80 bits per heavy atom. The molecule has 0 radical (unpaired) electrons. The molecule has 0 aliphatic rings. The van der Waals surface area contributed by atoms with Crippen LogP contribution in [0.25, 0.3) is 0 Å². The molecule has 7 heteroatoms. The summed E-state index contributed by atoms with van der Waals surface area (Å²) in [7, 11) is 0. The second kappa shape index (κ2) is 8.05. The van der Waals surface area contributed by atoms with E-state index in [9.17, 15) is 23.9 Å². The fraction of sp³-hybridized carbons (Fsp3) is 0.167. The number of rotatable bonds is 6. The summed E-state index contributed by atoms with van der Waals surface area (Å²) in [5, 5.41) is 14.3.